The summed E-state index contributed by atoms with van der Waals surface area (Å²) in [4.78, 5) is 0. The lowest BCUT2D eigenvalue weighted by Gasteiger charge is -2.38. The van der Waals surface area contributed by atoms with E-state index in [1.54, 1.807) is 8.61 Å². The molecule has 0 aliphatic carbocycles. The van der Waals surface area contributed by atoms with Crippen LogP contribution in [-0.2, 0) is 10.2 Å². The van der Waals surface area contributed by atoms with Crippen LogP contribution in [0.3, 0.4) is 0 Å². The van der Waals surface area contributed by atoms with E-state index in [0.717, 1.165) is 25.7 Å². The molecule has 118 valence electrons. The SMILES string of the molecule is CC(C)C1CCN(S(=O)(=O)N2CCCC(CO)C2)CC1. The smallest absolute Gasteiger partial charge is 0.281 e. The Morgan fingerprint density at radius 2 is 1.75 bits per heavy atom. The Balaban J connectivity index is 1.97. The predicted molar refractivity (Wildman–Crippen MR) is 79.4 cm³/mol. The van der Waals surface area contributed by atoms with Crippen LogP contribution in [0.1, 0.15) is 39.5 Å². The summed E-state index contributed by atoms with van der Waals surface area (Å²) in [6.07, 6.45) is 3.72. The molecule has 0 bridgehead atoms. The summed E-state index contributed by atoms with van der Waals surface area (Å²) in [6, 6.07) is 0. The maximum Gasteiger partial charge on any atom is 0.281 e. The van der Waals surface area contributed by atoms with Crippen LogP contribution in [0.4, 0.5) is 0 Å². The molecule has 6 heteroatoms. The molecule has 0 spiro atoms. The van der Waals surface area contributed by atoms with Crippen molar-refractivity contribution in [1.29, 1.82) is 0 Å². The van der Waals surface area contributed by atoms with Gasteiger partial charge in [0.25, 0.3) is 10.2 Å². The zero-order chi connectivity index (χ0) is 14.8. The van der Waals surface area contributed by atoms with E-state index in [1.807, 2.05) is 0 Å². The molecule has 0 amide bonds. The van der Waals surface area contributed by atoms with E-state index in [-0.39, 0.29) is 12.5 Å². The largest absolute Gasteiger partial charge is 0.396 e. The monoisotopic (exact) mass is 304 g/mol. The van der Waals surface area contributed by atoms with Crippen molar-refractivity contribution in [3.63, 3.8) is 0 Å². The standard InChI is InChI=1S/C14H28N2O3S/c1-12(2)14-5-8-15(9-6-14)20(18,19)16-7-3-4-13(10-16)11-17/h12-14,17H,3-11H2,1-2H3. The van der Waals surface area contributed by atoms with Gasteiger partial charge >= 0.3 is 0 Å². The minimum atomic E-state index is -3.32. The van der Waals surface area contributed by atoms with Gasteiger partial charge in [-0.25, -0.2) is 0 Å². The average Bonchev–Trinajstić information content (AvgIpc) is 2.47. The molecule has 0 radical (unpaired) electrons. The van der Waals surface area contributed by atoms with Gasteiger partial charge in [0.1, 0.15) is 0 Å². The highest BCUT2D eigenvalue weighted by molar-refractivity contribution is 7.86. The lowest BCUT2D eigenvalue weighted by molar-refractivity contribution is 0.155. The van der Waals surface area contributed by atoms with Crippen LogP contribution in [0.2, 0.25) is 0 Å². The van der Waals surface area contributed by atoms with Gasteiger partial charge in [-0.3, -0.25) is 0 Å². The first-order chi connectivity index (χ1) is 9.45. The Bertz CT molecular complexity index is 403. The first-order valence-corrected chi connectivity index (χ1v) is 9.21. The number of hydrogen-bond acceptors (Lipinski definition) is 3. The van der Waals surface area contributed by atoms with Crippen molar-refractivity contribution in [2.45, 2.75) is 39.5 Å². The lowest BCUT2D eigenvalue weighted by atomic mass is 9.87. The number of nitrogens with zero attached hydrogens (tertiary/aromatic N) is 2. The molecule has 2 fully saturated rings. The molecule has 2 aliphatic heterocycles. The van der Waals surface area contributed by atoms with Crippen molar-refractivity contribution in [2.24, 2.45) is 17.8 Å². The molecule has 20 heavy (non-hydrogen) atoms. The predicted octanol–water partition coefficient (Wildman–Crippen LogP) is 1.30. The summed E-state index contributed by atoms with van der Waals surface area (Å²) >= 11 is 0. The highest BCUT2D eigenvalue weighted by Crippen LogP contribution is 2.28. The van der Waals surface area contributed by atoms with Crippen molar-refractivity contribution in [3.05, 3.63) is 0 Å². The average molecular weight is 304 g/mol. The number of hydrogen-bond donors (Lipinski definition) is 1. The fraction of sp³-hybridized carbons (Fsp3) is 1.00. The Morgan fingerprint density at radius 1 is 1.10 bits per heavy atom. The van der Waals surface area contributed by atoms with Crippen molar-refractivity contribution in [2.75, 3.05) is 32.8 Å². The molecule has 2 heterocycles. The molecule has 1 atom stereocenters. The fourth-order valence-corrected chi connectivity index (χ4v) is 5.08. The van der Waals surface area contributed by atoms with Crippen LogP contribution in [0.15, 0.2) is 0 Å². The number of aliphatic hydroxyl groups excluding tert-OH is 1. The molecule has 1 unspecified atom stereocenters. The van der Waals surface area contributed by atoms with Crippen molar-refractivity contribution >= 4 is 10.2 Å². The third-order valence-corrected chi connectivity index (χ3v) is 6.84. The van der Waals surface area contributed by atoms with Gasteiger partial charge in [-0.2, -0.15) is 17.0 Å². The Labute approximate surface area is 123 Å². The number of piperidine rings is 2. The summed E-state index contributed by atoms with van der Waals surface area (Å²) in [6.45, 7) is 6.88. The molecule has 2 rings (SSSR count). The highest BCUT2D eigenvalue weighted by atomic mass is 32.2. The second-order valence-electron chi connectivity index (χ2n) is 6.54. The van der Waals surface area contributed by atoms with Gasteiger partial charge in [-0.15, -0.1) is 0 Å². The second-order valence-corrected chi connectivity index (χ2v) is 8.47. The van der Waals surface area contributed by atoms with Crippen LogP contribution in [0.25, 0.3) is 0 Å². The zero-order valence-corrected chi connectivity index (χ0v) is 13.5. The second kappa shape index (κ2) is 6.73. The summed E-state index contributed by atoms with van der Waals surface area (Å²) in [5.41, 5.74) is 0. The van der Waals surface area contributed by atoms with Crippen molar-refractivity contribution < 1.29 is 13.5 Å². The molecule has 2 aliphatic rings. The van der Waals surface area contributed by atoms with Gasteiger partial charge in [0.15, 0.2) is 0 Å². The van der Waals surface area contributed by atoms with Crippen LogP contribution in [-0.4, -0.2) is 54.9 Å². The van der Waals surface area contributed by atoms with E-state index in [1.165, 1.54) is 0 Å². The quantitative estimate of drug-likeness (QED) is 0.852. The van der Waals surface area contributed by atoms with E-state index in [2.05, 4.69) is 13.8 Å². The highest BCUT2D eigenvalue weighted by Gasteiger charge is 2.35. The summed E-state index contributed by atoms with van der Waals surface area (Å²) in [5.74, 6) is 1.38. The third-order valence-electron chi connectivity index (χ3n) is 4.83. The Morgan fingerprint density at radius 3 is 2.30 bits per heavy atom. The summed E-state index contributed by atoms with van der Waals surface area (Å²) in [5, 5.41) is 9.25. The van der Waals surface area contributed by atoms with Crippen LogP contribution in [0.5, 0.6) is 0 Å². The minimum absolute atomic E-state index is 0.0848. The van der Waals surface area contributed by atoms with E-state index in [4.69, 9.17) is 0 Å². The molecule has 0 saturated carbocycles. The molecule has 1 N–H and O–H groups in total. The lowest BCUT2D eigenvalue weighted by Crippen LogP contribution is -2.50. The number of aliphatic hydroxyl groups is 1. The van der Waals surface area contributed by atoms with Gasteiger partial charge in [0.05, 0.1) is 0 Å². The van der Waals surface area contributed by atoms with E-state index < -0.39 is 10.2 Å². The van der Waals surface area contributed by atoms with E-state index >= 15 is 0 Å². The maximum absolute atomic E-state index is 12.6. The molecule has 2 saturated heterocycles. The van der Waals surface area contributed by atoms with Gasteiger partial charge in [0.2, 0.25) is 0 Å². The van der Waals surface area contributed by atoms with Gasteiger partial charge in [-0.05, 0) is 43.4 Å². The normalized spacial score (nSPS) is 28.1. The Hall–Kier alpha value is -0.170. The minimum Gasteiger partial charge on any atom is -0.396 e. The van der Waals surface area contributed by atoms with Crippen LogP contribution < -0.4 is 0 Å². The number of rotatable bonds is 4. The molecule has 0 aromatic rings. The maximum atomic E-state index is 12.6. The third kappa shape index (κ3) is 3.53. The van der Waals surface area contributed by atoms with Crippen LogP contribution in [0, 0.1) is 17.8 Å². The van der Waals surface area contributed by atoms with Gasteiger partial charge < -0.3 is 5.11 Å². The first-order valence-electron chi connectivity index (χ1n) is 7.81. The van der Waals surface area contributed by atoms with Crippen LogP contribution >= 0.6 is 0 Å². The van der Waals surface area contributed by atoms with Crippen molar-refractivity contribution in [3.8, 4) is 0 Å². The molecule has 0 aromatic carbocycles. The van der Waals surface area contributed by atoms with Gasteiger partial charge in [0, 0.05) is 32.8 Å². The molecular weight excluding hydrogens is 276 g/mol. The summed E-state index contributed by atoms with van der Waals surface area (Å²) in [7, 11) is -3.32. The zero-order valence-electron chi connectivity index (χ0n) is 12.7. The van der Waals surface area contributed by atoms with Crippen molar-refractivity contribution in [1.82, 2.24) is 8.61 Å². The topological polar surface area (TPSA) is 60.9 Å². The molecular formula is C14H28N2O3S. The first kappa shape index (κ1) is 16.2. The van der Waals surface area contributed by atoms with E-state index in [0.29, 0.717) is 38.0 Å². The van der Waals surface area contributed by atoms with Gasteiger partial charge in [-0.1, -0.05) is 13.8 Å². The van der Waals surface area contributed by atoms with E-state index in [9.17, 15) is 13.5 Å². The fourth-order valence-electron chi connectivity index (χ4n) is 3.32. The molecule has 0 aromatic heterocycles. The molecule has 5 nitrogen and oxygen atoms in total. The summed E-state index contributed by atoms with van der Waals surface area (Å²) < 4.78 is 28.5. The Kier molecular flexibility index (Phi) is 5.45.